The SMILES string of the molecule is C=C(C)CSC1=N[C@H]2CS(=O)(=O)C[C@@H]2N1c1ccc(Cl)cc1. The van der Waals surface area contributed by atoms with E-state index in [-0.39, 0.29) is 23.6 Å². The standard InChI is InChI=1S/C15H17ClN2O2S2/c1-10(2)7-21-15-17-13-8-22(19,20)9-14(13)18(15)12-5-3-11(16)4-6-12/h3-6,13-14H,1,7-9H2,2H3/t13-,14-/m0/s1. The van der Waals surface area contributed by atoms with E-state index in [9.17, 15) is 8.42 Å². The number of halogens is 1. The second kappa shape index (κ2) is 5.91. The molecule has 0 spiro atoms. The number of anilines is 1. The Morgan fingerprint density at radius 1 is 1.41 bits per heavy atom. The minimum atomic E-state index is -3.01. The van der Waals surface area contributed by atoms with Crippen molar-refractivity contribution >= 4 is 44.1 Å². The molecular formula is C15H17ClN2O2S2. The molecule has 2 aliphatic rings. The summed E-state index contributed by atoms with van der Waals surface area (Å²) < 4.78 is 23.8. The van der Waals surface area contributed by atoms with Crippen molar-refractivity contribution in [2.45, 2.75) is 19.0 Å². The molecule has 0 aliphatic carbocycles. The van der Waals surface area contributed by atoms with Crippen molar-refractivity contribution in [1.29, 1.82) is 0 Å². The van der Waals surface area contributed by atoms with Crippen molar-refractivity contribution in [1.82, 2.24) is 0 Å². The molecule has 1 aromatic rings. The first kappa shape index (κ1) is 15.9. The molecular weight excluding hydrogens is 340 g/mol. The second-order valence-electron chi connectivity index (χ2n) is 5.72. The number of aliphatic imine (C=N–C) groups is 1. The summed E-state index contributed by atoms with van der Waals surface area (Å²) in [6.07, 6.45) is 0. The average Bonchev–Trinajstić information content (AvgIpc) is 2.89. The molecule has 2 aliphatic heterocycles. The van der Waals surface area contributed by atoms with Crippen molar-refractivity contribution in [2.75, 3.05) is 22.2 Å². The van der Waals surface area contributed by atoms with E-state index < -0.39 is 9.84 Å². The summed E-state index contributed by atoms with van der Waals surface area (Å²) in [7, 11) is -3.01. The molecule has 0 unspecified atom stereocenters. The number of fused-ring (bicyclic) bond motifs is 1. The first-order chi connectivity index (χ1) is 10.4. The fourth-order valence-corrected chi connectivity index (χ4v) is 5.66. The number of benzene rings is 1. The van der Waals surface area contributed by atoms with E-state index in [1.54, 1.807) is 11.8 Å². The van der Waals surface area contributed by atoms with E-state index >= 15 is 0 Å². The average molecular weight is 357 g/mol. The largest absolute Gasteiger partial charge is 0.315 e. The van der Waals surface area contributed by atoms with Crippen molar-refractivity contribution in [2.24, 2.45) is 4.99 Å². The number of amidine groups is 1. The van der Waals surface area contributed by atoms with Crippen molar-refractivity contribution in [3.8, 4) is 0 Å². The summed E-state index contributed by atoms with van der Waals surface area (Å²) in [5.41, 5.74) is 2.00. The number of hydrogen-bond acceptors (Lipinski definition) is 5. The maximum absolute atomic E-state index is 11.9. The second-order valence-corrected chi connectivity index (χ2v) is 9.25. The first-order valence-corrected chi connectivity index (χ1v) is 10.1. The lowest BCUT2D eigenvalue weighted by atomic mass is 10.1. The van der Waals surface area contributed by atoms with Gasteiger partial charge in [0.05, 0.1) is 23.6 Å². The van der Waals surface area contributed by atoms with Gasteiger partial charge in [-0.15, -0.1) is 0 Å². The minimum absolute atomic E-state index is 0.112. The quantitative estimate of drug-likeness (QED) is 0.781. The smallest absolute Gasteiger partial charge is 0.164 e. The number of sulfone groups is 1. The number of rotatable bonds is 3. The van der Waals surface area contributed by atoms with Gasteiger partial charge in [0.15, 0.2) is 15.0 Å². The molecule has 3 rings (SSSR count). The van der Waals surface area contributed by atoms with E-state index in [4.69, 9.17) is 11.6 Å². The van der Waals surface area contributed by atoms with E-state index in [1.165, 1.54) is 0 Å². The molecule has 1 saturated heterocycles. The van der Waals surface area contributed by atoms with Crippen LogP contribution in [0.4, 0.5) is 5.69 Å². The van der Waals surface area contributed by atoms with Crippen molar-refractivity contribution in [3.63, 3.8) is 0 Å². The predicted molar refractivity (Wildman–Crippen MR) is 94.9 cm³/mol. The molecule has 7 heteroatoms. The lowest BCUT2D eigenvalue weighted by molar-refractivity contribution is 0.601. The van der Waals surface area contributed by atoms with Gasteiger partial charge in [-0.05, 0) is 31.2 Å². The lowest BCUT2D eigenvalue weighted by Gasteiger charge is -2.26. The summed E-state index contributed by atoms with van der Waals surface area (Å²) in [5, 5.41) is 1.53. The van der Waals surface area contributed by atoms with Crippen LogP contribution in [0.15, 0.2) is 41.4 Å². The van der Waals surface area contributed by atoms with Gasteiger partial charge in [0.1, 0.15) is 0 Å². The highest BCUT2D eigenvalue weighted by molar-refractivity contribution is 8.14. The zero-order valence-corrected chi connectivity index (χ0v) is 14.6. The van der Waals surface area contributed by atoms with Crippen LogP contribution in [-0.4, -0.2) is 42.9 Å². The van der Waals surface area contributed by atoms with Crippen LogP contribution in [0.3, 0.4) is 0 Å². The third-order valence-electron chi connectivity index (χ3n) is 3.66. The van der Waals surface area contributed by atoms with E-state index in [0.717, 1.165) is 22.2 Å². The van der Waals surface area contributed by atoms with Gasteiger partial charge in [0, 0.05) is 16.5 Å². The fraction of sp³-hybridized carbons (Fsp3) is 0.400. The number of nitrogens with zero attached hydrogens (tertiary/aromatic N) is 2. The molecule has 4 nitrogen and oxygen atoms in total. The lowest BCUT2D eigenvalue weighted by Crippen LogP contribution is -2.39. The molecule has 2 atom stereocenters. The zero-order chi connectivity index (χ0) is 15.9. The van der Waals surface area contributed by atoms with Crippen molar-refractivity contribution < 1.29 is 8.42 Å². The molecule has 2 heterocycles. The monoisotopic (exact) mass is 356 g/mol. The molecule has 0 saturated carbocycles. The maximum Gasteiger partial charge on any atom is 0.164 e. The fourth-order valence-electron chi connectivity index (χ4n) is 2.72. The Morgan fingerprint density at radius 3 is 2.73 bits per heavy atom. The summed E-state index contributed by atoms with van der Waals surface area (Å²) in [6, 6.07) is 7.16. The van der Waals surface area contributed by atoms with Crippen LogP contribution in [-0.2, 0) is 9.84 Å². The number of hydrogen-bond donors (Lipinski definition) is 0. The highest BCUT2D eigenvalue weighted by Gasteiger charge is 2.47. The first-order valence-electron chi connectivity index (χ1n) is 6.96. The minimum Gasteiger partial charge on any atom is -0.315 e. The van der Waals surface area contributed by atoms with E-state index in [1.807, 2.05) is 36.1 Å². The third-order valence-corrected chi connectivity index (χ3v) is 6.81. The Hall–Kier alpha value is -0.980. The van der Waals surface area contributed by atoms with Crippen LogP contribution in [0.2, 0.25) is 5.02 Å². The van der Waals surface area contributed by atoms with Gasteiger partial charge in [0.25, 0.3) is 0 Å². The highest BCUT2D eigenvalue weighted by atomic mass is 35.5. The Balaban J connectivity index is 1.93. The van der Waals surface area contributed by atoms with E-state index in [2.05, 4.69) is 11.6 Å². The highest BCUT2D eigenvalue weighted by Crippen LogP contribution is 2.35. The van der Waals surface area contributed by atoms with Gasteiger partial charge >= 0.3 is 0 Å². The molecule has 1 fully saturated rings. The zero-order valence-electron chi connectivity index (χ0n) is 12.2. The molecule has 0 aromatic heterocycles. The van der Waals surface area contributed by atoms with Crippen LogP contribution in [0.25, 0.3) is 0 Å². The molecule has 0 bridgehead atoms. The molecule has 0 amide bonds. The molecule has 1 aromatic carbocycles. The molecule has 118 valence electrons. The molecule has 0 N–H and O–H groups in total. The summed E-state index contributed by atoms with van der Waals surface area (Å²) >= 11 is 7.56. The van der Waals surface area contributed by atoms with Gasteiger partial charge in [-0.25, -0.2) is 8.42 Å². The van der Waals surface area contributed by atoms with Gasteiger partial charge in [-0.1, -0.05) is 35.5 Å². The Labute approximate surface area is 140 Å². The van der Waals surface area contributed by atoms with Crippen LogP contribution in [0, 0.1) is 0 Å². The van der Waals surface area contributed by atoms with E-state index in [0.29, 0.717) is 5.02 Å². The van der Waals surface area contributed by atoms with Gasteiger partial charge < -0.3 is 4.90 Å². The van der Waals surface area contributed by atoms with Gasteiger partial charge in [-0.2, -0.15) is 0 Å². The normalized spacial score (nSPS) is 25.9. The van der Waals surface area contributed by atoms with Crippen LogP contribution < -0.4 is 4.90 Å². The third kappa shape index (κ3) is 3.19. The molecule has 0 radical (unpaired) electrons. The maximum atomic E-state index is 11.9. The van der Waals surface area contributed by atoms with Gasteiger partial charge in [0.2, 0.25) is 0 Å². The molecule has 22 heavy (non-hydrogen) atoms. The predicted octanol–water partition coefficient (Wildman–Crippen LogP) is 2.99. The van der Waals surface area contributed by atoms with Crippen LogP contribution in [0.5, 0.6) is 0 Å². The number of thioether (sulfide) groups is 1. The Kier molecular flexibility index (Phi) is 4.27. The summed E-state index contributed by atoms with van der Waals surface area (Å²) in [5.74, 6) is 1.06. The van der Waals surface area contributed by atoms with Crippen LogP contribution in [0.1, 0.15) is 6.92 Å². The summed E-state index contributed by atoms with van der Waals surface area (Å²) in [4.78, 5) is 6.69. The topological polar surface area (TPSA) is 49.7 Å². The van der Waals surface area contributed by atoms with Gasteiger partial charge in [-0.3, -0.25) is 4.99 Å². The Morgan fingerprint density at radius 2 is 2.09 bits per heavy atom. The van der Waals surface area contributed by atoms with Crippen molar-refractivity contribution in [3.05, 3.63) is 41.4 Å². The van der Waals surface area contributed by atoms with Crippen LogP contribution >= 0.6 is 23.4 Å². The Bertz CT molecular complexity index is 728. The summed E-state index contributed by atoms with van der Waals surface area (Å²) in [6.45, 7) is 5.89.